The minimum Gasteiger partial charge on any atom is -0.370 e. The molecule has 1 heterocycles. The number of nitrogens with zero attached hydrogens (tertiary/aromatic N) is 3. The molecule has 142 valence electrons. The highest BCUT2D eigenvalue weighted by atomic mass is 127. The number of anilines is 1. The topological polar surface area (TPSA) is 68.2 Å². The SMILES string of the molecule is Cc1cc(C)n(CC(C)CN=C(N)Nc2cccc3c2CCCC3)n1.I. The number of nitrogens with one attached hydrogen (secondary N) is 1. The van der Waals surface area contributed by atoms with Crippen LogP contribution in [0.2, 0.25) is 0 Å². The fraction of sp³-hybridized carbons (Fsp3) is 0.500. The van der Waals surface area contributed by atoms with E-state index in [2.05, 4.69) is 53.5 Å². The molecule has 1 unspecified atom stereocenters. The van der Waals surface area contributed by atoms with Gasteiger partial charge in [-0.2, -0.15) is 5.10 Å². The van der Waals surface area contributed by atoms with Crippen molar-refractivity contribution in [3.05, 3.63) is 46.8 Å². The van der Waals surface area contributed by atoms with Crippen LogP contribution in [0.15, 0.2) is 29.3 Å². The van der Waals surface area contributed by atoms with Gasteiger partial charge in [-0.1, -0.05) is 19.1 Å². The van der Waals surface area contributed by atoms with Crippen molar-refractivity contribution in [3.63, 3.8) is 0 Å². The van der Waals surface area contributed by atoms with Gasteiger partial charge in [-0.25, -0.2) is 0 Å². The van der Waals surface area contributed by atoms with Gasteiger partial charge in [-0.3, -0.25) is 9.67 Å². The number of aromatic nitrogens is 2. The highest BCUT2D eigenvalue weighted by molar-refractivity contribution is 14.0. The van der Waals surface area contributed by atoms with Crippen LogP contribution in [-0.2, 0) is 19.4 Å². The van der Waals surface area contributed by atoms with E-state index in [0.717, 1.165) is 24.3 Å². The number of aliphatic imine (C=N–C) groups is 1. The molecule has 0 bridgehead atoms. The lowest BCUT2D eigenvalue weighted by Gasteiger charge is -2.20. The van der Waals surface area contributed by atoms with Crippen molar-refractivity contribution in [2.24, 2.45) is 16.6 Å². The maximum atomic E-state index is 6.13. The Morgan fingerprint density at radius 2 is 2.08 bits per heavy atom. The number of hydrogen-bond acceptors (Lipinski definition) is 2. The van der Waals surface area contributed by atoms with Crippen molar-refractivity contribution in [2.75, 3.05) is 11.9 Å². The molecule has 0 saturated carbocycles. The molecule has 3 N–H and O–H groups in total. The average Bonchev–Trinajstić information content (AvgIpc) is 2.90. The molecule has 0 spiro atoms. The molecule has 1 aliphatic rings. The van der Waals surface area contributed by atoms with Gasteiger partial charge in [-0.05, 0) is 68.7 Å². The van der Waals surface area contributed by atoms with Gasteiger partial charge in [0.25, 0.3) is 0 Å². The van der Waals surface area contributed by atoms with Crippen molar-refractivity contribution in [1.82, 2.24) is 9.78 Å². The smallest absolute Gasteiger partial charge is 0.193 e. The van der Waals surface area contributed by atoms with E-state index in [0.29, 0.717) is 18.4 Å². The predicted molar refractivity (Wildman–Crippen MR) is 119 cm³/mol. The molecule has 0 amide bonds. The lowest BCUT2D eigenvalue weighted by molar-refractivity contribution is 0.450. The van der Waals surface area contributed by atoms with Crippen molar-refractivity contribution < 1.29 is 0 Å². The first-order valence-electron chi connectivity index (χ1n) is 9.21. The second-order valence-corrected chi connectivity index (χ2v) is 7.22. The van der Waals surface area contributed by atoms with Crippen molar-refractivity contribution >= 4 is 35.6 Å². The Balaban J connectivity index is 0.00000243. The van der Waals surface area contributed by atoms with Gasteiger partial charge in [0.05, 0.1) is 5.69 Å². The van der Waals surface area contributed by atoms with E-state index in [1.165, 1.54) is 36.1 Å². The summed E-state index contributed by atoms with van der Waals surface area (Å²) in [6.45, 7) is 7.83. The maximum absolute atomic E-state index is 6.13. The van der Waals surface area contributed by atoms with Gasteiger partial charge in [0.15, 0.2) is 5.96 Å². The summed E-state index contributed by atoms with van der Waals surface area (Å²) >= 11 is 0. The van der Waals surface area contributed by atoms with Crippen LogP contribution >= 0.6 is 24.0 Å². The van der Waals surface area contributed by atoms with E-state index < -0.39 is 0 Å². The van der Waals surface area contributed by atoms with Crippen LogP contribution < -0.4 is 11.1 Å². The zero-order valence-corrected chi connectivity index (χ0v) is 18.3. The third kappa shape index (κ3) is 5.22. The molecule has 26 heavy (non-hydrogen) atoms. The normalized spacial score (nSPS) is 15.1. The first-order chi connectivity index (χ1) is 12.0. The fourth-order valence-corrected chi connectivity index (χ4v) is 3.54. The maximum Gasteiger partial charge on any atom is 0.193 e. The third-order valence-electron chi connectivity index (χ3n) is 4.82. The molecule has 0 saturated heterocycles. The van der Waals surface area contributed by atoms with Crippen LogP contribution in [0, 0.1) is 19.8 Å². The minimum absolute atomic E-state index is 0. The molecule has 1 aromatic carbocycles. The van der Waals surface area contributed by atoms with Crippen molar-refractivity contribution in [1.29, 1.82) is 0 Å². The number of benzene rings is 1. The van der Waals surface area contributed by atoms with E-state index in [-0.39, 0.29) is 24.0 Å². The molecule has 1 aliphatic carbocycles. The van der Waals surface area contributed by atoms with E-state index in [9.17, 15) is 0 Å². The van der Waals surface area contributed by atoms with Crippen LogP contribution in [0.25, 0.3) is 0 Å². The van der Waals surface area contributed by atoms with Crippen LogP contribution in [0.5, 0.6) is 0 Å². The number of aryl methyl sites for hydroxylation is 3. The molecule has 3 rings (SSSR count). The van der Waals surface area contributed by atoms with Crippen LogP contribution in [0.4, 0.5) is 5.69 Å². The van der Waals surface area contributed by atoms with E-state index in [4.69, 9.17) is 5.73 Å². The molecule has 1 aromatic heterocycles. The summed E-state index contributed by atoms with van der Waals surface area (Å²) in [5, 5.41) is 7.82. The van der Waals surface area contributed by atoms with Crippen LogP contribution in [-0.4, -0.2) is 22.3 Å². The quantitative estimate of drug-likeness (QED) is 0.396. The highest BCUT2D eigenvalue weighted by Gasteiger charge is 2.13. The van der Waals surface area contributed by atoms with Gasteiger partial charge >= 0.3 is 0 Å². The van der Waals surface area contributed by atoms with Gasteiger partial charge in [-0.15, -0.1) is 24.0 Å². The van der Waals surface area contributed by atoms with E-state index in [1.54, 1.807) is 0 Å². The lowest BCUT2D eigenvalue weighted by Crippen LogP contribution is -2.25. The molecule has 0 aliphatic heterocycles. The molecular weight excluding hydrogens is 437 g/mol. The fourth-order valence-electron chi connectivity index (χ4n) is 3.54. The number of nitrogens with two attached hydrogens (primary N) is 1. The summed E-state index contributed by atoms with van der Waals surface area (Å²) in [6.07, 6.45) is 4.83. The van der Waals surface area contributed by atoms with Gasteiger partial charge in [0, 0.05) is 24.5 Å². The summed E-state index contributed by atoms with van der Waals surface area (Å²) in [7, 11) is 0. The van der Waals surface area contributed by atoms with Crippen molar-refractivity contribution in [3.8, 4) is 0 Å². The lowest BCUT2D eigenvalue weighted by atomic mass is 9.90. The Labute approximate surface area is 173 Å². The first kappa shape index (κ1) is 20.7. The second kappa shape index (κ2) is 9.39. The number of fused-ring (bicyclic) bond motifs is 1. The number of guanidine groups is 1. The van der Waals surface area contributed by atoms with Crippen molar-refractivity contribution in [2.45, 2.75) is 53.0 Å². The van der Waals surface area contributed by atoms with Gasteiger partial charge in [0.1, 0.15) is 0 Å². The van der Waals surface area contributed by atoms with Crippen LogP contribution in [0.3, 0.4) is 0 Å². The molecule has 1 atom stereocenters. The molecule has 2 aromatic rings. The van der Waals surface area contributed by atoms with Gasteiger partial charge < -0.3 is 11.1 Å². The zero-order valence-electron chi connectivity index (χ0n) is 16.0. The molecule has 6 heteroatoms. The number of halogens is 1. The summed E-state index contributed by atoms with van der Waals surface area (Å²) in [5.74, 6) is 0.877. The second-order valence-electron chi connectivity index (χ2n) is 7.22. The highest BCUT2D eigenvalue weighted by Crippen LogP contribution is 2.27. The Morgan fingerprint density at radius 3 is 2.81 bits per heavy atom. The standard InChI is InChI=1S/C20H29N5.HI/c1-14(13-25-16(3)11-15(2)24-25)12-22-20(21)23-19-10-6-8-17-7-4-5-9-18(17)19;/h6,8,10-11,14H,4-5,7,9,12-13H2,1-3H3,(H3,21,22,23);1H. The third-order valence-corrected chi connectivity index (χ3v) is 4.82. The monoisotopic (exact) mass is 467 g/mol. The minimum atomic E-state index is 0. The zero-order chi connectivity index (χ0) is 17.8. The first-order valence-corrected chi connectivity index (χ1v) is 9.21. The van der Waals surface area contributed by atoms with E-state index in [1.807, 2.05) is 11.6 Å². The Bertz CT molecular complexity index is 766. The Kier molecular flexibility index (Phi) is 7.49. The number of hydrogen-bond donors (Lipinski definition) is 2. The largest absolute Gasteiger partial charge is 0.370 e. The Morgan fingerprint density at radius 1 is 1.31 bits per heavy atom. The summed E-state index contributed by atoms with van der Waals surface area (Å²) in [4.78, 5) is 4.54. The molecule has 0 fully saturated rings. The molecule has 0 radical (unpaired) electrons. The average molecular weight is 467 g/mol. The van der Waals surface area contributed by atoms with Gasteiger partial charge in [0.2, 0.25) is 0 Å². The molecular formula is C20H30IN5. The van der Waals surface area contributed by atoms with E-state index >= 15 is 0 Å². The summed E-state index contributed by atoms with van der Waals surface area (Å²) < 4.78 is 2.05. The predicted octanol–water partition coefficient (Wildman–Crippen LogP) is 4.06. The number of rotatable bonds is 5. The molecule has 5 nitrogen and oxygen atoms in total. The van der Waals surface area contributed by atoms with Crippen LogP contribution in [0.1, 0.15) is 42.3 Å². The summed E-state index contributed by atoms with van der Waals surface area (Å²) in [5.41, 5.74) is 12.3. The Hall–Kier alpha value is -1.57. The summed E-state index contributed by atoms with van der Waals surface area (Å²) in [6, 6.07) is 8.53.